The van der Waals surface area contributed by atoms with E-state index in [1.54, 1.807) is 4.90 Å². The first-order chi connectivity index (χ1) is 11.0. The van der Waals surface area contributed by atoms with Gasteiger partial charge in [-0.2, -0.15) is 0 Å². The highest BCUT2D eigenvalue weighted by Crippen LogP contribution is 2.28. The topological polar surface area (TPSA) is 35.6 Å². The lowest BCUT2D eigenvalue weighted by Gasteiger charge is -2.49. The van der Waals surface area contributed by atoms with Crippen LogP contribution in [-0.4, -0.2) is 47.5 Å². The number of nitrogens with zero attached hydrogens (tertiary/aromatic N) is 2. The fraction of sp³-hybridized carbons (Fsp3) is 0.562. The number of halogens is 3. The van der Waals surface area contributed by atoms with Crippen LogP contribution in [-0.2, 0) is 0 Å². The molecular weight excluding hydrogens is 324 g/mol. The molecule has 0 radical (unpaired) electrons. The lowest BCUT2D eigenvalue weighted by atomic mass is 9.98. The second-order valence-electron chi connectivity index (χ2n) is 6.32. The fourth-order valence-corrected chi connectivity index (χ4v) is 3.49. The summed E-state index contributed by atoms with van der Waals surface area (Å²) in [6.45, 7) is 4.55. The van der Waals surface area contributed by atoms with Crippen molar-refractivity contribution in [1.82, 2.24) is 9.80 Å². The predicted octanol–water partition coefficient (Wildman–Crippen LogP) is 3.71. The van der Waals surface area contributed by atoms with Crippen molar-refractivity contribution >= 4 is 23.3 Å². The quantitative estimate of drug-likeness (QED) is 0.831. The molecule has 2 aliphatic heterocycles. The number of carbonyl (C=O) groups excluding carboxylic acids is 1. The Morgan fingerprint density at radius 3 is 2.74 bits per heavy atom. The molecule has 2 fully saturated rings. The van der Waals surface area contributed by atoms with E-state index in [1.165, 1.54) is 19.3 Å². The van der Waals surface area contributed by atoms with E-state index in [9.17, 15) is 13.6 Å². The Kier molecular flexibility index (Phi) is 4.73. The molecule has 1 aromatic carbocycles. The summed E-state index contributed by atoms with van der Waals surface area (Å²) in [6.07, 6.45) is 3.66. The highest BCUT2D eigenvalue weighted by Gasteiger charge is 2.37. The van der Waals surface area contributed by atoms with Crippen LogP contribution >= 0.6 is 11.6 Å². The van der Waals surface area contributed by atoms with Gasteiger partial charge in [0.05, 0.1) is 5.69 Å². The van der Waals surface area contributed by atoms with Gasteiger partial charge in [-0.25, -0.2) is 13.6 Å². The monoisotopic (exact) mass is 343 g/mol. The molecule has 2 amide bonds. The van der Waals surface area contributed by atoms with E-state index < -0.39 is 11.6 Å². The molecule has 0 bridgehead atoms. The van der Waals surface area contributed by atoms with Gasteiger partial charge in [-0.05, 0) is 32.4 Å². The van der Waals surface area contributed by atoms with Crippen LogP contribution < -0.4 is 5.32 Å². The molecule has 1 unspecified atom stereocenters. The number of piperidine rings is 1. The molecule has 23 heavy (non-hydrogen) atoms. The SMILES string of the molecule is CC1CCCCN1C1CN(C(=O)Nc2cc(F)cc(F)c2Cl)C1. The maximum Gasteiger partial charge on any atom is 0.321 e. The van der Waals surface area contributed by atoms with Gasteiger partial charge in [-0.1, -0.05) is 18.0 Å². The second-order valence-corrected chi connectivity index (χ2v) is 6.70. The van der Waals surface area contributed by atoms with Crippen molar-refractivity contribution in [2.75, 3.05) is 25.0 Å². The van der Waals surface area contributed by atoms with Crippen molar-refractivity contribution in [1.29, 1.82) is 0 Å². The summed E-state index contributed by atoms with van der Waals surface area (Å²) in [6, 6.07) is 2.25. The van der Waals surface area contributed by atoms with Crippen molar-refractivity contribution in [2.24, 2.45) is 0 Å². The summed E-state index contributed by atoms with van der Waals surface area (Å²) < 4.78 is 26.6. The largest absolute Gasteiger partial charge is 0.321 e. The number of benzene rings is 1. The van der Waals surface area contributed by atoms with Gasteiger partial charge < -0.3 is 10.2 Å². The first kappa shape index (κ1) is 16.5. The normalized spacial score (nSPS) is 22.8. The van der Waals surface area contributed by atoms with E-state index in [4.69, 9.17) is 11.6 Å². The van der Waals surface area contributed by atoms with Crippen LogP contribution in [0.15, 0.2) is 12.1 Å². The van der Waals surface area contributed by atoms with Gasteiger partial charge in [0.1, 0.15) is 16.7 Å². The second kappa shape index (κ2) is 6.61. The van der Waals surface area contributed by atoms with Crippen molar-refractivity contribution in [3.8, 4) is 0 Å². The van der Waals surface area contributed by atoms with E-state index in [0.29, 0.717) is 31.2 Å². The Labute approximate surface area is 139 Å². The Hall–Kier alpha value is -1.40. The molecule has 1 N–H and O–H groups in total. The molecule has 126 valence electrons. The number of nitrogens with one attached hydrogen (secondary N) is 1. The van der Waals surface area contributed by atoms with Crippen LogP contribution in [0.3, 0.4) is 0 Å². The molecule has 2 saturated heterocycles. The smallest absolute Gasteiger partial charge is 0.321 e. The molecule has 1 atom stereocenters. The lowest BCUT2D eigenvalue weighted by molar-refractivity contribution is 0.0199. The first-order valence-electron chi connectivity index (χ1n) is 7.92. The Bertz CT molecular complexity index is 607. The highest BCUT2D eigenvalue weighted by atomic mass is 35.5. The number of hydrogen-bond donors (Lipinski definition) is 1. The van der Waals surface area contributed by atoms with Gasteiger partial charge in [0.25, 0.3) is 0 Å². The molecule has 0 saturated carbocycles. The highest BCUT2D eigenvalue weighted by molar-refractivity contribution is 6.33. The number of amides is 2. The zero-order valence-corrected chi connectivity index (χ0v) is 13.7. The minimum absolute atomic E-state index is 0.0380. The molecule has 0 aliphatic carbocycles. The van der Waals surface area contributed by atoms with E-state index in [2.05, 4.69) is 17.1 Å². The fourth-order valence-electron chi connectivity index (χ4n) is 3.33. The maximum absolute atomic E-state index is 13.4. The molecule has 2 heterocycles. The van der Waals surface area contributed by atoms with Crippen molar-refractivity contribution < 1.29 is 13.6 Å². The molecule has 7 heteroatoms. The zero-order chi connectivity index (χ0) is 16.6. The maximum atomic E-state index is 13.4. The van der Waals surface area contributed by atoms with Crippen LogP contribution in [0.1, 0.15) is 26.2 Å². The van der Waals surface area contributed by atoms with Gasteiger partial charge >= 0.3 is 6.03 Å². The third-order valence-electron chi connectivity index (χ3n) is 4.71. The number of anilines is 1. The van der Waals surface area contributed by atoms with Crippen LogP contribution in [0.25, 0.3) is 0 Å². The summed E-state index contributed by atoms with van der Waals surface area (Å²) in [7, 11) is 0. The van der Waals surface area contributed by atoms with E-state index >= 15 is 0 Å². The van der Waals surface area contributed by atoms with Gasteiger partial charge in [0, 0.05) is 31.2 Å². The van der Waals surface area contributed by atoms with Crippen LogP contribution in [0.2, 0.25) is 5.02 Å². The van der Waals surface area contributed by atoms with Crippen molar-refractivity contribution in [3.63, 3.8) is 0 Å². The predicted molar refractivity (Wildman–Crippen MR) is 85.8 cm³/mol. The molecule has 0 spiro atoms. The van der Waals surface area contributed by atoms with Gasteiger partial charge in [0.2, 0.25) is 0 Å². The first-order valence-corrected chi connectivity index (χ1v) is 8.29. The molecule has 2 aliphatic rings. The number of likely N-dealkylation sites (tertiary alicyclic amines) is 2. The van der Waals surface area contributed by atoms with Gasteiger partial charge in [-0.15, -0.1) is 0 Å². The number of carbonyl (C=O) groups is 1. The minimum atomic E-state index is -0.884. The lowest BCUT2D eigenvalue weighted by Crippen LogP contribution is -2.64. The molecule has 4 nitrogen and oxygen atoms in total. The summed E-state index contributed by atoms with van der Waals surface area (Å²) >= 11 is 5.76. The third kappa shape index (κ3) is 3.43. The van der Waals surface area contributed by atoms with E-state index in [0.717, 1.165) is 12.6 Å². The molecule has 1 aromatic rings. The van der Waals surface area contributed by atoms with Crippen molar-refractivity contribution in [2.45, 2.75) is 38.3 Å². The number of rotatable bonds is 2. The third-order valence-corrected chi connectivity index (χ3v) is 5.09. The molecule has 3 rings (SSSR count). The Morgan fingerprint density at radius 1 is 1.30 bits per heavy atom. The molecule has 0 aromatic heterocycles. The standard InChI is InChI=1S/C16H20ClF2N3O/c1-10-4-2-3-5-22(10)12-8-21(9-12)16(23)20-14-7-11(18)6-13(19)15(14)17/h6-7,10,12H,2-5,8-9H2,1H3,(H,20,23). The summed E-state index contributed by atoms with van der Waals surface area (Å²) in [4.78, 5) is 16.2. The van der Waals surface area contributed by atoms with Gasteiger partial charge in [-0.3, -0.25) is 4.90 Å². The van der Waals surface area contributed by atoms with Crippen molar-refractivity contribution in [3.05, 3.63) is 28.8 Å². The summed E-state index contributed by atoms with van der Waals surface area (Å²) in [5.74, 6) is -1.66. The van der Waals surface area contributed by atoms with Gasteiger partial charge in [0.15, 0.2) is 0 Å². The number of hydrogen-bond acceptors (Lipinski definition) is 2. The minimum Gasteiger partial charge on any atom is -0.321 e. The Balaban J connectivity index is 1.57. The summed E-state index contributed by atoms with van der Waals surface area (Å²) in [5.41, 5.74) is -0.0380. The van der Waals surface area contributed by atoms with Crippen LogP contribution in [0.4, 0.5) is 19.3 Å². The zero-order valence-electron chi connectivity index (χ0n) is 13.0. The molecular formula is C16H20ClF2N3O. The van der Waals surface area contributed by atoms with Crippen LogP contribution in [0, 0.1) is 11.6 Å². The number of urea groups is 1. The average Bonchev–Trinajstić information content (AvgIpc) is 2.44. The van der Waals surface area contributed by atoms with E-state index in [-0.39, 0.29) is 16.7 Å². The van der Waals surface area contributed by atoms with Crippen LogP contribution in [0.5, 0.6) is 0 Å². The Morgan fingerprint density at radius 2 is 2.04 bits per heavy atom. The average molecular weight is 344 g/mol. The summed E-state index contributed by atoms with van der Waals surface area (Å²) in [5, 5.41) is 2.21. The van der Waals surface area contributed by atoms with E-state index in [1.807, 2.05) is 0 Å².